The molecule has 2 N–H and O–H groups in total. The first-order valence-corrected chi connectivity index (χ1v) is 9.00. The van der Waals surface area contributed by atoms with Crippen molar-refractivity contribution in [2.45, 2.75) is 49.8 Å². The first-order chi connectivity index (χ1) is 9.01. The Balaban J connectivity index is 2.05. The minimum Gasteiger partial charge on any atom is -0.391 e. The molecule has 108 valence electrons. The van der Waals surface area contributed by atoms with Crippen LogP contribution in [-0.2, 0) is 16.6 Å². The summed E-state index contributed by atoms with van der Waals surface area (Å²) in [6.45, 7) is 2.55. The van der Waals surface area contributed by atoms with Crippen molar-refractivity contribution in [2.75, 3.05) is 6.54 Å². The molecule has 0 aromatic carbocycles. The van der Waals surface area contributed by atoms with Crippen LogP contribution in [-0.4, -0.2) is 20.1 Å². The van der Waals surface area contributed by atoms with Crippen LogP contribution < -0.4 is 4.72 Å². The van der Waals surface area contributed by atoms with E-state index in [1.54, 1.807) is 12.1 Å². The van der Waals surface area contributed by atoms with E-state index >= 15 is 0 Å². The van der Waals surface area contributed by atoms with Crippen LogP contribution in [0.1, 0.15) is 43.9 Å². The molecule has 0 aliphatic heterocycles. The Kier molecular flexibility index (Phi) is 4.66. The van der Waals surface area contributed by atoms with Gasteiger partial charge in [-0.05, 0) is 36.8 Å². The summed E-state index contributed by atoms with van der Waals surface area (Å²) in [5.74, 6) is 0. The lowest BCUT2D eigenvalue weighted by Gasteiger charge is -2.27. The van der Waals surface area contributed by atoms with Gasteiger partial charge in [-0.3, -0.25) is 0 Å². The van der Waals surface area contributed by atoms with E-state index in [1.165, 1.54) is 12.8 Å². The molecule has 1 heterocycles. The van der Waals surface area contributed by atoms with E-state index < -0.39 is 10.0 Å². The van der Waals surface area contributed by atoms with E-state index in [9.17, 15) is 8.42 Å². The SMILES string of the molecule is CCC1(CNS(=O)(=O)c2ccc(CO)s2)CCCC1. The van der Waals surface area contributed by atoms with E-state index in [2.05, 4.69) is 11.6 Å². The van der Waals surface area contributed by atoms with Crippen LogP contribution in [0.5, 0.6) is 0 Å². The zero-order valence-corrected chi connectivity index (χ0v) is 12.8. The molecular formula is C13H21NO3S2. The van der Waals surface area contributed by atoms with E-state index in [0.29, 0.717) is 15.6 Å². The molecule has 2 rings (SSSR count). The van der Waals surface area contributed by atoms with Crippen LogP contribution >= 0.6 is 11.3 Å². The van der Waals surface area contributed by atoms with E-state index in [0.717, 1.165) is 30.6 Å². The largest absolute Gasteiger partial charge is 0.391 e. The highest BCUT2D eigenvalue weighted by Crippen LogP contribution is 2.40. The second-order valence-corrected chi connectivity index (χ2v) is 8.43. The molecule has 0 spiro atoms. The maximum absolute atomic E-state index is 12.2. The fourth-order valence-electron chi connectivity index (χ4n) is 2.69. The summed E-state index contributed by atoms with van der Waals surface area (Å²) in [6, 6.07) is 3.22. The van der Waals surface area contributed by atoms with Crippen LogP contribution in [0.4, 0.5) is 0 Å². The molecule has 1 aromatic rings. The number of sulfonamides is 1. The monoisotopic (exact) mass is 303 g/mol. The summed E-state index contributed by atoms with van der Waals surface area (Å²) in [5, 5.41) is 8.99. The van der Waals surface area contributed by atoms with Crippen molar-refractivity contribution in [2.24, 2.45) is 5.41 Å². The summed E-state index contributed by atoms with van der Waals surface area (Å²) in [6.07, 6.45) is 5.63. The summed E-state index contributed by atoms with van der Waals surface area (Å²) in [7, 11) is -3.43. The topological polar surface area (TPSA) is 66.4 Å². The van der Waals surface area contributed by atoms with Crippen molar-refractivity contribution in [3.05, 3.63) is 17.0 Å². The highest BCUT2D eigenvalue weighted by Gasteiger charge is 2.33. The van der Waals surface area contributed by atoms with Gasteiger partial charge in [-0.1, -0.05) is 19.8 Å². The van der Waals surface area contributed by atoms with Crippen molar-refractivity contribution in [1.29, 1.82) is 0 Å². The maximum Gasteiger partial charge on any atom is 0.250 e. The quantitative estimate of drug-likeness (QED) is 0.848. The van der Waals surface area contributed by atoms with E-state index in [-0.39, 0.29) is 12.0 Å². The highest BCUT2D eigenvalue weighted by atomic mass is 32.2. The zero-order valence-electron chi connectivity index (χ0n) is 11.2. The Labute approximate surface area is 118 Å². The average Bonchev–Trinajstić information content (AvgIpc) is 3.06. The number of aliphatic hydroxyl groups is 1. The normalized spacial score (nSPS) is 18.8. The fraction of sp³-hybridized carbons (Fsp3) is 0.692. The minimum atomic E-state index is -3.43. The Hall–Kier alpha value is -0.430. The highest BCUT2D eigenvalue weighted by molar-refractivity contribution is 7.91. The second-order valence-electron chi connectivity index (χ2n) is 5.26. The molecular weight excluding hydrogens is 282 g/mol. The molecule has 0 saturated heterocycles. The average molecular weight is 303 g/mol. The Morgan fingerprint density at radius 1 is 1.37 bits per heavy atom. The van der Waals surface area contributed by atoms with E-state index in [1.807, 2.05) is 0 Å². The molecule has 19 heavy (non-hydrogen) atoms. The third kappa shape index (κ3) is 3.37. The summed E-state index contributed by atoms with van der Waals surface area (Å²) >= 11 is 1.13. The summed E-state index contributed by atoms with van der Waals surface area (Å²) < 4.78 is 27.4. The lowest BCUT2D eigenvalue weighted by atomic mass is 9.84. The number of aliphatic hydroxyl groups excluding tert-OH is 1. The van der Waals surface area contributed by atoms with Gasteiger partial charge in [0, 0.05) is 11.4 Å². The van der Waals surface area contributed by atoms with Crippen molar-refractivity contribution >= 4 is 21.4 Å². The molecule has 1 saturated carbocycles. The second kappa shape index (κ2) is 5.91. The van der Waals surface area contributed by atoms with Crippen LogP contribution in [0.25, 0.3) is 0 Å². The Morgan fingerprint density at radius 3 is 2.58 bits per heavy atom. The van der Waals surface area contributed by atoms with Crippen molar-refractivity contribution in [3.8, 4) is 0 Å². The van der Waals surface area contributed by atoms with Crippen molar-refractivity contribution in [1.82, 2.24) is 4.72 Å². The van der Waals surface area contributed by atoms with Crippen LogP contribution in [0, 0.1) is 5.41 Å². The molecule has 1 aliphatic rings. The number of thiophene rings is 1. The summed E-state index contributed by atoms with van der Waals surface area (Å²) in [4.78, 5) is 0.673. The van der Waals surface area contributed by atoms with Gasteiger partial charge in [0.2, 0.25) is 10.0 Å². The van der Waals surface area contributed by atoms with Crippen LogP contribution in [0.2, 0.25) is 0 Å². The van der Waals surface area contributed by atoms with Gasteiger partial charge in [-0.25, -0.2) is 13.1 Å². The number of hydrogen-bond donors (Lipinski definition) is 2. The van der Waals surface area contributed by atoms with Gasteiger partial charge in [-0.2, -0.15) is 0 Å². The van der Waals surface area contributed by atoms with Gasteiger partial charge in [0.25, 0.3) is 0 Å². The fourth-order valence-corrected chi connectivity index (χ4v) is 5.10. The molecule has 1 aromatic heterocycles. The smallest absolute Gasteiger partial charge is 0.250 e. The Bertz CT molecular complexity index is 516. The molecule has 0 bridgehead atoms. The van der Waals surface area contributed by atoms with Gasteiger partial charge in [0.15, 0.2) is 0 Å². The zero-order chi connectivity index (χ0) is 13.9. The van der Waals surface area contributed by atoms with Crippen LogP contribution in [0.3, 0.4) is 0 Å². The maximum atomic E-state index is 12.2. The lowest BCUT2D eigenvalue weighted by Crippen LogP contribution is -2.35. The third-order valence-corrected chi connectivity index (χ3v) is 7.07. The summed E-state index contributed by atoms with van der Waals surface area (Å²) in [5.41, 5.74) is 0.143. The molecule has 1 aliphatic carbocycles. The van der Waals surface area contributed by atoms with Gasteiger partial charge >= 0.3 is 0 Å². The molecule has 0 atom stereocenters. The standard InChI is InChI=1S/C13H21NO3S2/c1-2-13(7-3-4-8-13)10-14-19(16,17)12-6-5-11(9-15)18-12/h5-6,14-15H,2-4,7-10H2,1H3. The van der Waals surface area contributed by atoms with Crippen LogP contribution in [0.15, 0.2) is 16.3 Å². The van der Waals surface area contributed by atoms with Gasteiger partial charge in [0.05, 0.1) is 6.61 Å². The van der Waals surface area contributed by atoms with Crippen molar-refractivity contribution in [3.63, 3.8) is 0 Å². The molecule has 0 radical (unpaired) electrons. The molecule has 4 nitrogen and oxygen atoms in total. The number of rotatable bonds is 6. The predicted molar refractivity (Wildman–Crippen MR) is 76.6 cm³/mol. The van der Waals surface area contributed by atoms with Gasteiger partial charge < -0.3 is 5.11 Å². The van der Waals surface area contributed by atoms with Gasteiger partial charge in [0.1, 0.15) is 4.21 Å². The first kappa shape index (κ1) is 15.0. The number of nitrogens with one attached hydrogen (secondary N) is 1. The molecule has 0 unspecified atom stereocenters. The molecule has 0 amide bonds. The first-order valence-electron chi connectivity index (χ1n) is 6.71. The van der Waals surface area contributed by atoms with Gasteiger partial charge in [-0.15, -0.1) is 11.3 Å². The molecule has 6 heteroatoms. The number of hydrogen-bond acceptors (Lipinski definition) is 4. The minimum absolute atomic E-state index is 0.112. The Morgan fingerprint density at radius 2 is 2.05 bits per heavy atom. The van der Waals surface area contributed by atoms with E-state index in [4.69, 9.17) is 5.11 Å². The predicted octanol–water partition coefficient (Wildman–Crippen LogP) is 2.49. The third-order valence-electron chi connectivity index (χ3n) is 4.11. The lowest BCUT2D eigenvalue weighted by molar-refractivity contribution is 0.285. The molecule has 1 fully saturated rings. The van der Waals surface area contributed by atoms with Crippen molar-refractivity contribution < 1.29 is 13.5 Å².